The number of nitrogens with zero attached hydrogens (tertiary/aromatic N) is 2. The van der Waals surface area contributed by atoms with E-state index >= 15 is 0 Å². The molecule has 0 radical (unpaired) electrons. The fraction of sp³-hybridized carbons (Fsp3) is 0.118. The Morgan fingerprint density at radius 3 is 2.44 bits per heavy atom. The van der Waals surface area contributed by atoms with Gasteiger partial charge in [-0.15, -0.1) is 0 Å². The first kappa shape index (κ1) is 18.2. The van der Waals surface area contributed by atoms with Crippen LogP contribution in [0.1, 0.15) is 5.56 Å². The molecular weight excluding hydrogens is 392 g/mol. The van der Waals surface area contributed by atoms with Crippen molar-refractivity contribution < 1.29 is 13.2 Å². The van der Waals surface area contributed by atoms with Crippen molar-refractivity contribution in [3.63, 3.8) is 0 Å². The molecule has 0 saturated carbocycles. The van der Waals surface area contributed by atoms with Crippen LogP contribution in [0.25, 0.3) is 16.9 Å². The van der Waals surface area contributed by atoms with Gasteiger partial charge in [0.2, 0.25) is 0 Å². The minimum absolute atomic E-state index is 0.363. The third-order valence-corrected chi connectivity index (χ3v) is 4.95. The van der Waals surface area contributed by atoms with Gasteiger partial charge in [-0.05, 0) is 36.6 Å². The van der Waals surface area contributed by atoms with E-state index in [4.69, 9.17) is 23.2 Å². The molecule has 0 fully saturated rings. The normalized spacial score (nSPS) is 11.8. The summed E-state index contributed by atoms with van der Waals surface area (Å²) < 4.78 is 40.8. The summed E-state index contributed by atoms with van der Waals surface area (Å²) in [5, 5.41) is 1.34. The third-order valence-electron chi connectivity index (χ3n) is 3.56. The maximum absolute atomic E-state index is 13.1. The van der Waals surface area contributed by atoms with Crippen LogP contribution in [0.5, 0.6) is 0 Å². The zero-order valence-electron chi connectivity index (χ0n) is 12.8. The Balaban J connectivity index is 2.19. The quantitative estimate of drug-likeness (QED) is 0.460. The summed E-state index contributed by atoms with van der Waals surface area (Å²) in [5.74, 6) is 0. The van der Waals surface area contributed by atoms with Crippen molar-refractivity contribution in [3.05, 3.63) is 64.3 Å². The van der Waals surface area contributed by atoms with Gasteiger partial charge in [-0.3, -0.25) is 4.57 Å². The summed E-state index contributed by atoms with van der Waals surface area (Å²) in [6.07, 6.45) is -1.00. The molecule has 0 aliphatic carbocycles. The smallest absolute Gasteiger partial charge is 0.287 e. The van der Waals surface area contributed by atoms with Crippen LogP contribution in [0, 0.1) is 0 Å². The average molecular weight is 403 g/mol. The maximum atomic E-state index is 13.1. The second-order valence-corrected chi connectivity index (χ2v) is 6.73. The zero-order chi connectivity index (χ0) is 18.2. The van der Waals surface area contributed by atoms with Gasteiger partial charge >= 0.3 is 6.18 Å². The zero-order valence-corrected chi connectivity index (χ0v) is 15.1. The van der Waals surface area contributed by atoms with Crippen LogP contribution < -0.4 is 0 Å². The van der Waals surface area contributed by atoms with E-state index < -0.39 is 11.7 Å². The number of hydrogen-bond acceptors (Lipinski definition) is 2. The predicted molar refractivity (Wildman–Crippen MR) is 95.8 cm³/mol. The lowest BCUT2D eigenvalue weighted by Gasteiger charge is -2.14. The van der Waals surface area contributed by atoms with E-state index in [1.54, 1.807) is 35.0 Å². The highest BCUT2D eigenvalue weighted by Gasteiger charge is 2.30. The molecule has 8 heteroatoms. The Kier molecular flexibility index (Phi) is 5.04. The second-order valence-electron chi connectivity index (χ2n) is 5.14. The lowest BCUT2D eigenvalue weighted by atomic mass is 10.1. The number of thioether (sulfide) groups is 1. The molecule has 0 aliphatic rings. The maximum Gasteiger partial charge on any atom is 0.416 e. The molecule has 0 saturated heterocycles. The van der Waals surface area contributed by atoms with E-state index in [2.05, 4.69) is 4.98 Å². The Hall–Kier alpha value is -1.63. The topological polar surface area (TPSA) is 17.8 Å². The van der Waals surface area contributed by atoms with E-state index in [1.165, 1.54) is 17.8 Å². The van der Waals surface area contributed by atoms with E-state index in [9.17, 15) is 13.2 Å². The molecule has 0 amide bonds. The van der Waals surface area contributed by atoms with E-state index in [0.717, 1.165) is 12.1 Å². The average Bonchev–Trinajstić information content (AvgIpc) is 3.00. The van der Waals surface area contributed by atoms with Gasteiger partial charge in [-0.25, -0.2) is 4.98 Å². The number of rotatable bonds is 3. The Morgan fingerprint density at radius 2 is 1.80 bits per heavy atom. The number of hydrogen-bond donors (Lipinski definition) is 0. The number of benzene rings is 2. The number of aromatic nitrogens is 2. The van der Waals surface area contributed by atoms with Gasteiger partial charge in [0.15, 0.2) is 5.16 Å². The Labute approximate surface area is 156 Å². The fourth-order valence-corrected chi connectivity index (χ4v) is 3.25. The molecule has 0 spiro atoms. The van der Waals surface area contributed by atoms with Crippen LogP contribution in [0.15, 0.2) is 53.8 Å². The standard InChI is InChI=1S/C17H11Cl2F3N2S/c1-25-16-23-9-15(10-5-6-13(18)14(19)7-10)24(16)12-4-2-3-11(8-12)17(20,21)22/h2-9H,1H3. The fourth-order valence-electron chi connectivity index (χ4n) is 2.41. The van der Waals surface area contributed by atoms with Crippen LogP contribution in [0.3, 0.4) is 0 Å². The van der Waals surface area contributed by atoms with Crippen molar-refractivity contribution in [2.24, 2.45) is 0 Å². The largest absolute Gasteiger partial charge is 0.416 e. The highest BCUT2D eigenvalue weighted by molar-refractivity contribution is 7.98. The molecule has 0 bridgehead atoms. The second kappa shape index (κ2) is 6.94. The lowest BCUT2D eigenvalue weighted by Crippen LogP contribution is -2.07. The molecular formula is C17H11Cl2F3N2S. The SMILES string of the molecule is CSc1ncc(-c2ccc(Cl)c(Cl)c2)n1-c1cccc(C(F)(F)F)c1. The van der Waals surface area contributed by atoms with Crippen molar-refractivity contribution in [3.8, 4) is 16.9 Å². The molecule has 3 aromatic rings. The van der Waals surface area contributed by atoms with Crippen molar-refractivity contribution in [1.29, 1.82) is 0 Å². The van der Waals surface area contributed by atoms with Gasteiger partial charge in [-0.1, -0.05) is 47.1 Å². The molecule has 2 aromatic carbocycles. The van der Waals surface area contributed by atoms with Gasteiger partial charge in [0.25, 0.3) is 0 Å². The number of halogens is 5. The van der Waals surface area contributed by atoms with Crippen LogP contribution in [-0.2, 0) is 6.18 Å². The van der Waals surface area contributed by atoms with Crippen molar-refractivity contribution in [2.45, 2.75) is 11.3 Å². The number of alkyl halides is 3. The third kappa shape index (κ3) is 3.66. The first-order chi connectivity index (χ1) is 11.8. The molecule has 0 aliphatic heterocycles. The summed E-state index contributed by atoms with van der Waals surface area (Å²) >= 11 is 13.4. The highest BCUT2D eigenvalue weighted by Crippen LogP contribution is 2.35. The molecule has 130 valence electrons. The van der Waals surface area contributed by atoms with Crippen LogP contribution >= 0.6 is 35.0 Å². The molecule has 1 heterocycles. The molecule has 2 nitrogen and oxygen atoms in total. The molecule has 1 aromatic heterocycles. The van der Waals surface area contributed by atoms with Crippen molar-refractivity contribution in [2.75, 3.05) is 6.26 Å². The van der Waals surface area contributed by atoms with Gasteiger partial charge < -0.3 is 0 Å². The minimum atomic E-state index is -4.42. The summed E-state index contributed by atoms with van der Waals surface area (Å²) in [5.41, 5.74) is 0.991. The van der Waals surface area contributed by atoms with Gasteiger partial charge in [-0.2, -0.15) is 13.2 Å². The van der Waals surface area contributed by atoms with Crippen molar-refractivity contribution in [1.82, 2.24) is 9.55 Å². The van der Waals surface area contributed by atoms with Gasteiger partial charge in [0.05, 0.1) is 27.5 Å². The molecule has 0 N–H and O–H groups in total. The Bertz CT molecular complexity index is 922. The van der Waals surface area contributed by atoms with Crippen LogP contribution in [0.4, 0.5) is 13.2 Å². The van der Waals surface area contributed by atoms with Crippen LogP contribution in [-0.4, -0.2) is 15.8 Å². The van der Waals surface area contributed by atoms with Crippen molar-refractivity contribution >= 4 is 35.0 Å². The minimum Gasteiger partial charge on any atom is -0.287 e. The first-order valence-corrected chi connectivity index (χ1v) is 9.04. The molecule has 25 heavy (non-hydrogen) atoms. The summed E-state index contributed by atoms with van der Waals surface area (Å²) in [6.45, 7) is 0. The monoisotopic (exact) mass is 402 g/mol. The van der Waals surface area contributed by atoms with E-state index in [0.29, 0.717) is 32.1 Å². The highest BCUT2D eigenvalue weighted by atomic mass is 35.5. The van der Waals surface area contributed by atoms with Gasteiger partial charge in [0.1, 0.15) is 0 Å². The summed E-state index contributed by atoms with van der Waals surface area (Å²) in [4.78, 5) is 4.30. The first-order valence-electron chi connectivity index (χ1n) is 7.06. The van der Waals surface area contributed by atoms with Crippen LogP contribution in [0.2, 0.25) is 10.0 Å². The lowest BCUT2D eigenvalue weighted by molar-refractivity contribution is -0.137. The van der Waals surface area contributed by atoms with Gasteiger partial charge in [0, 0.05) is 11.3 Å². The summed E-state index contributed by atoms with van der Waals surface area (Å²) in [7, 11) is 0. The molecule has 3 rings (SSSR count). The molecule has 0 atom stereocenters. The van der Waals surface area contributed by atoms with E-state index in [-0.39, 0.29) is 0 Å². The summed E-state index contributed by atoms with van der Waals surface area (Å²) in [6, 6.07) is 10.2. The Morgan fingerprint density at radius 1 is 1.04 bits per heavy atom. The molecule has 0 unspecified atom stereocenters. The predicted octanol–water partition coefficient (Wildman–Crippen LogP) is 6.59. The van der Waals surface area contributed by atoms with E-state index in [1.807, 2.05) is 6.26 Å². The number of imidazole rings is 1.